The molecule has 1 saturated heterocycles. The van der Waals surface area contributed by atoms with Gasteiger partial charge in [0.05, 0.1) is 0 Å². The fourth-order valence-corrected chi connectivity index (χ4v) is 1.94. The number of aliphatic hydroxyl groups is 1. The second-order valence-corrected chi connectivity index (χ2v) is 4.08. The largest absolute Gasteiger partial charge is 0.396 e. The number of likely N-dealkylation sites (tertiary alicyclic amines) is 1. The standard InChI is InChI=1S/C11H24N2O/c14-11-5-7-12-6-4-10-13-8-2-1-3-9-13/h12,14H,1-11H2. The maximum atomic E-state index is 8.58. The molecule has 1 fully saturated rings. The van der Waals surface area contributed by atoms with Crippen LogP contribution in [0.3, 0.4) is 0 Å². The minimum Gasteiger partial charge on any atom is -0.396 e. The average molecular weight is 200 g/mol. The molecule has 1 rings (SSSR count). The molecule has 2 N–H and O–H groups in total. The summed E-state index contributed by atoms with van der Waals surface area (Å²) in [4.78, 5) is 2.57. The summed E-state index contributed by atoms with van der Waals surface area (Å²) in [5, 5.41) is 11.9. The third kappa shape index (κ3) is 5.58. The number of hydrogen-bond donors (Lipinski definition) is 2. The number of hydrogen-bond acceptors (Lipinski definition) is 3. The lowest BCUT2D eigenvalue weighted by atomic mass is 10.1. The molecule has 3 heteroatoms. The number of nitrogens with zero attached hydrogens (tertiary/aromatic N) is 1. The van der Waals surface area contributed by atoms with Gasteiger partial charge in [0.25, 0.3) is 0 Å². The number of rotatable bonds is 7. The lowest BCUT2D eigenvalue weighted by molar-refractivity contribution is 0.225. The molecule has 0 unspecified atom stereocenters. The molecule has 0 amide bonds. The van der Waals surface area contributed by atoms with Gasteiger partial charge in [-0.1, -0.05) is 6.42 Å². The minimum atomic E-state index is 0.305. The second-order valence-electron chi connectivity index (χ2n) is 4.08. The second kappa shape index (κ2) is 8.21. The van der Waals surface area contributed by atoms with E-state index in [2.05, 4.69) is 10.2 Å². The van der Waals surface area contributed by atoms with Crippen molar-refractivity contribution < 1.29 is 5.11 Å². The molecule has 0 aromatic rings. The van der Waals surface area contributed by atoms with Gasteiger partial charge >= 0.3 is 0 Å². The van der Waals surface area contributed by atoms with Crippen LogP contribution in [0.4, 0.5) is 0 Å². The molecule has 1 aliphatic heterocycles. The topological polar surface area (TPSA) is 35.5 Å². The maximum Gasteiger partial charge on any atom is 0.0443 e. The van der Waals surface area contributed by atoms with Gasteiger partial charge in [-0.3, -0.25) is 0 Å². The monoisotopic (exact) mass is 200 g/mol. The average Bonchev–Trinajstić information content (AvgIpc) is 2.25. The third-order valence-corrected chi connectivity index (χ3v) is 2.79. The molecule has 3 nitrogen and oxygen atoms in total. The van der Waals surface area contributed by atoms with Crippen molar-refractivity contribution in [1.82, 2.24) is 10.2 Å². The molecule has 0 spiro atoms. The Hall–Kier alpha value is -0.120. The molecule has 0 radical (unpaired) electrons. The van der Waals surface area contributed by atoms with Crippen LogP contribution in [-0.4, -0.2) is 49.3 Å². The predicted molar refractivity (Wildman–Crippen MR) is 59.5 cm³/mol. The molecule has 0 saturated carbocycles. The fraction of sp³-hybridized carbons (Fsp3) is 1.00. The van der Waals surface area contributed by atoms with Crippen LogP contribution in [0.2, 0.25) is 0 Å². The Kier molecular flexibility index (Phi) is 7.01. The third-order valence-electron chi connectivity index (χ3n) is 2.79. The first-order chi connectivity index (χ1) is 6.93. The molecular formula is C11H24N2O. The van der Waals surface area contributed by atoms with Crippen molar-refractivity contribution in [2.45, 2.75) is 32.1 Å². The Labute approximate surface area is 87.5 Å². The molecule has 0 bridgehead atoms. The SMILES string of the molecule is OCCCNCCCN1CCCCC1. The Bertz CT molecular complexity index is 124. The Morgan fingerprint density at radius 1 is 1.00 bits per heavy atom. The lowest BCUT2D eigenvalue weighted by Crippen LogP contribution is -2.32. The van der Waals surface area contributed by atoms with E-state index in [4.69, 9.17) is 5.11 Å². The van der Waals surface area contributed by atoms with Crippen LogP contribution in [0, 0.1) is 0 Å². The summed E-state index contributed by atoms with van der Waals surface area (Å²) in [6, 6.07) is 0. The lowest BCUT2D eigenvalue weighted by Gasteiger charge is -2.26. The van der Waals surface area contributed by atoms with Gasteiger partial charge in [-0.15, -0.1) is 0 Å². The van der Waals surface area contributed by atoms with Gasteiger partial charge in [0, 0.05) is 6.61 Å². The Morgan fingerprint density at radius 2 is 1.71 bits per heavy atom. The van der Waals surface area contributed by atoms with Crippen molar-refractivity contribution in [1.29, 1.82) is 0 Å². The summed E-state index contributed by atoms with van der Waals surface area (Å²) in [7, 11) is 0. The molecule has 0 aromatic heterocycles. The van der Waals surface area contributed by atoms with Crippen molar-refractivity contribution in [3.05, 3.63) is 0 Å². The van der Waals surface area contributed by atoms with Crippen LogP contribution in [-0.2, 0) is 0 Å². The van der Waals surface area contributed by atoms with E-state index in [1.54, 1.807) is 0 Å². The zero-order valence-electron chi connectivity index (χ0n) is 9.17. The van der Waals surface area contributed by atoms with E-state index in [0.717, 1.165) is 19.5 Å². The summed E-state index contributed by atoms with van der Waals surface area (Å²) >= 11 is 0. The van der Waals surface area contributed by atoms with Gasteiger partial charge in [0.2, 0.25) is 0 Å². The summed E-state index contributed by atoms with van der Waals surface area (Å²) in [5.74, 6) is 0. The zero-order valence-corrected chi connectivity index (χ0v) is 9.17. The van der Waals surface area contributed by atoms with Gasteiger partial charge < -0.3 is 15.3 Å². The molecule has 0 aromatic carbocycles. The first kappa shape index (κ1) is 12.0. The van der Waals surface area contributed by atoms with E-state index >= 15 is 0 Å². The van der Waals surface area contributed by atoms with Gasteiger partial charge in [-0.2, -0.15) is 0 Å². The molecule has 14 heavy (non-hydrogen) atoms. The van der Waals surface area contributed by atoms with Gasteiger partial charge in [0.1, 0.15) is 0 Å². The van der Waals surface area contributed by atoms with Gasteiger partial charge in [0.15, 0.2) is 0 Å². The maximum absolute atomic E-state index is 8.58. The first-order valence-corrected chi connectivity index (χ1v) is 5.97. The van der Waals surface area contributed by atoms with E-state index in [1.807, 2.05) is 0 Å². The summed E-state index contributed by atoms with van der Waals surface area (Å²) < 4.78 is 0. The van der Waals surface area contributed by atoms with Crippen LogP contribution in [0.1, 0.15) is 32.1 Å². The highest BCUT2D eigenvalue weighted by molar-refractivity contribution is 4.64. The molecule has 0 aliphatic carbocycles. The van der Waals surface area contributed by atoms with Crippen LogP contribution in [0.25, 0.3) is 0 Å². The number of nitrogens with one attached hydrogen (secondary N) is 1. The van der Waals surface area contributed by atoms with Crippen molar-refractivity contribution in [3.8, 4) is 0 Å². The van der Waals surface area contributed by atoms with Crippen LogP contribution >= 0.6 is 0 Å². The predicted octanol–water partition coefficient (Wildman–Crippen LogP) is 0.834. The normalized spacial score (nSPS) is 18.6. The molecule has 1 heterocycles. The zero-order chi connectivity index (χ0) is 10.1. The minimum absolute atomic E-state index is 0.305. The first-order valence-electron chi connectivity index (χ1n) is 5.97. The fourth-order valence-electron chi connectivity index (χ4n) is 1.94. The van der Waals surface area contributed by atoms with Crippen LogP contribution in [0.5, 0.6) is 0 Å². The highest BCUT2D eigenvalue weighted by Gasteiger charge is 2.08. The Morgan fingerprint density at radius 3 is 2.43 bits per heavy atom. The van der Waals surface area contributed by atoms with Crippen molar-refractivity contribution in [3.63, 3.8) is 0 Å². The smallest absolute Gasteiger partial charge is 0.0443 e. The van der Waals surface area contributed by atoms with E-state index in [-0.39, 0.29) is 0 Å². The highest BCUT2D eigenvalue weighted by Crippen LogP contribution is 2.08. The quantitative estimate of drug-likeness (QED) is 0.598. The summed E-state index contributed by atoms with van der Waals surface area (Å²) in [6.07, 6.45) is 6.32. The highest BCUT2D eigenvalue weighted by atomic mass is 16.3. The van der Waals surface area contributed by atoms with Crippen LogP contribution < -0.4 is 5.32 Å². The Balaban J connectivity index is 1.82. The van der Waals surface area contributed by atoms with E-state index in [9.17, 15) is 0 Å². The van der Waals surface area contributed by atoms with Crippen molar-refractivity contribution in [2.75, 3.05) is 39.3 Å². The molecule has 0 atom stereocenters. The number of aliphatic hydroxyl groups excluding tert-OH is 1. The number of piperidine rings is 1. The summed E-state index contributed by atoms with van der Waals surface area (Å²) in [6.45, 7) is 6.20. The van der Waals surface area contributed by atoms with E-state index in [1.165, 1.54) is 45.3 Å². The summed E-state index contributed by atoms with van der Waals surface area (Å²) in [5.41, 5.74) is 0. The van der Waals surface area contributed by atoms with Crippen LogP contribution in [0.15, 0.2) is 0 Å². The van der Waals surface area contributed by atoms with E-state index in [0.29, 0.717) is 6.61 Å². The van der Waals surface area contributed by atoms with E-state index < -0.39 is 0 Å². The van der Waals surface area contributed by atoms with Crippen molar-refractivity contribution in [2.24, 2.45) is 0 Å². The molecule has 84 valence electrons. The van der Waals surface area contributed by atoms with Gasteiger partial charge in [-0.25, -0.2) is 0 Å². The van der Waals surface area contributed by atoms with Gasteiger partial charge in [-0.05, 0) is 58.4 Å². The molecular weight excluding hydrogens is 176 g/mol. The molecule has 1 aliphatic rings. The van der Waals surface area contributed by atoms with Crippen molar-refractivity contribution >= 4 is 0 Å².